The summed E-state index contributed by atoms with van der Waals surface area (Å²) in [6.45, 7) is 1.02. The van der Waals surface area contributed by atoms with Gasteiger partial charge in [0.15, 0.2) is 0 Å². The Balaban J connectivity index is 1.80. The molecule has 1 aliphatic heterocycles. The summed E-state index contributed by atoms with van der Waals surface area (Å²) in [6.07, 6.45) is 0.316. The topological polar surface area (TPSA) is 58.2 Å². The number of rotatable bonds is 3. The predicted molar refractivity (Wildman–Crippen MR) is 57.3 cm³/mol. The van der Waals surface area contributed by atoms with Gasteiger partial charge in [0, 0.05) is 17.8 Å². The zero-order chi connectivity index (χ0) is 10.7. The first-order valence-electron chi connectivity index (χ1n) is 4.82. The van der Waals surface area contributed by atoms with E-state index in [4.69, 9.17) is 0 Å². The van der Waals surface area contributed by atoms with E-state index in [9.17, 15) is 9.59 Å². The Bertz CT molecular complexity index is 362. The lowest BCUT2D eigenvalue weighted by Crippen LogP contribution is -2.31. The van der Waals surface area contributed by atoms with E-state index in [1.807, 2.05) is 17.5 Å². The highest BCUT2D eigenvalue weighted by molar-refractivity contribution is 7.09. The van der Waals surface area contributed by atoms with Gasteiger partial charge >= 0.3 is 0 Å². The monoisotopic (exact) mass is 224 g/mol. The molecule has 1 aromatic rings. The molecule has 1 fully saturated rings. The van der Waals surface area contributed by atoms with Crippen molar-refractivity contribution in [2.24, 2.45) is 5.92 Å². The highest BCUT2D eigenvalue weighted by atomic mass is 32.1. The molecule has 0 aliphatic carbocycles. The summed E-state index contributed by atoms with van der Waals surface area (Å²) in [7, 11) is 0. The van der Waals surface area contributed by atoms with Gasteiger partial charge in [0.05, 0.1) is 12.5 Å². The van der Waals surface area contributed by atoms with E-state index in [2.05, 4.69) is 10.6 Å². The molecule has 80 valence electrons. The van der Waals surface area contributed by atoms with Crippen LogP contribution in [0.5, 0.6) is 0 Å². The molecule has 0 spiro atoms. The van der Waals surface area contributed by atoms with Crippen molar-refractivity contribution < 1.29 is 9.59 Å². The van der Waals surface area contributed by atoms with Crippen molar-refractivity contribution in [3.8, 4) is 0 Å². The molecule has 0 saturated carbocycles. The van der Waals surface area contributed by atoms with Crippen LogP contribution in [0.2, 0.25) is 0 Å². The van der Waals surface area contributed by atoms with Gasteiger partial charge in [-0.25, -0.2) is 0 Å². The lowest BCUT2D eigenvalue weighted by atomic mass is 10.1. The summed E-state index contributed by atoms with van der Waals surface area (Å²) in [4.78, 5) is 23.6. The van der Waals surface area contributed by atoms with Gasteiger partial charge in [-0.3, -0.25) is 9.59 Å². The van der Waals surface area contributed by atoms with Crippen molar-refractivity contribution in [2.45, 2.75) is 13.0 Å². The van der Waals surface area contributed by atoms with Gasteiger partial charge in [-0.2, -0.15) is 0 Å². The molecule has 1 unspecified atom stereocenters. The van der Waals surface area contributed by atoms with Crippen molar-refractivity contribution in [3.63, 3.8) is 0 Å². The van der Waals surface area contributed by atoms with Crippen LogP contribution in [0.3, 0.4) is 0 Å². The minimum Gasteiger partial charge on any atom is -0.355 e. The molecule has 4 nitrogen and oxygen atoms in total. The van der Waals surface area contributed by atoms with Gasteiger partial charge in [-0.05, 0) is 11.4 Å². The standard InChI is InChI=1S/C10H12N2O2S/c13-9-4-7(5-11-9)10(14)12-6-8-2-1-3-15-8/h1-3,7H,4-6H2,(H,11,13)(H,12,14). The lowest BCUT2D eigenvalue weighted by Gasteiger charge is -2.07. The van der Waals surface area contributed by atoms with Crippen LogP contribution < -0.4 is 10.6 Å². The Morgan fingerprint density at radius 3 is 3.13 bits per heavy atom. The third-order valence-corrected chi connectivity index (χ3v) is 3.24. The van der Waals surface area contributed by atoms with Gasteiger partial charge < -0.3 is 10.6 Å². The first-order chi connectivity index (χ1) is 7.25. The fourth-order valence-electron chi connectivity index (χ4n) is 1.52. The highest BCUT2D eigenvalue weighted by Gasteiger charge is 2.27. The molecular formula is C10H12N2O2S. The smallest absolute Gasteiger partial charge is 0.225 e. The van der Waals surface area contributed by atoms with Crippen LogP contribution in [-0.4, -0.2) is 18.4 Å². The molecule has 2 rings (SSSR count). The van der Waals surface area contributed by atoms with E-state index in [1.54, 1.807) is 11.3 Å². The largest absolute Gasteiger partial charge is 0.355 e. The summed E-state index contributed by atoms with van der Waals surface area (Å²) in [5.74, 6) is -0.273. The third kappa shape index (κ3) is 2.56. The zero-order valence-electron chi connectivity index (χ0n) is 8.16. The molecule has 0 radical (unpaired) electrons. The number of carbonyl (C=O) groups is 2. The maximum Gasteiger partial charge on any atom is 0.225 e. The number of hydrogen-bond donors (Lipinski definition) is 2. The Hall–Kier alpha value is -1.36. The fourth-order valence-corrected chi connectivity index (χ4v) is 2.17. The molecule has 0 aromatic carbocycles. The van der Waals surface area contributed by atoms with Gasteiger partial charge in [-0.15, -0.1) is 11.3 Å². The van der Waals surface area contributed by atoms with Crippen LogP contribution in [0.4, 0.5) is 0 Å². The summed E-state index contributed by atoms with van der Waals surface area (Å²) < 4.78 is 0. The molecular weight excluding hydrogens is 212 g/mol. The molecule has 5 heteroatoms. The first-order valence-corrected chi connectivity index (χ1v) is 5.70. The van der Waals surface area contributed by atoms with Gasteiger partial charge in [-0.1, -0.05) is 6.07 Å². The normalized spacial score (nSPS) is 20.0. The van der Waals surface area contributed by atoms with Gasteiger partial charge in [0.25, 0.3) is 0 Å². The minimum atomic E-state index is -0.197. The Kier molecular flexibility index (Phi) is 3.01. The van der Waals surface area contributed by atoms with E-state index < -0.39 is 0 Å². The van der Waals surface area contributed by atoms with Gasteiger partial charge in [0.1, 0.15) is 0 Å². The number of nitrogens with one attached hydrogen (secondary N) is 2. The number of hydrogen-bond acceptors (Lipinski definition) is 3. The van der Waals surface area contributed by atoms with Gasteiger partial charge in [0.2, 0.25) is 11.8 Å². The number of carbonyl (C=O) groups excluding carboxylic acids is 2. The minimum absolute atomic E-state index is 0.0359. The van der Waals surface area contributed by atoms with E-state index in [0.717, 1.165) is 4.88 Å². The Morgan fingerprint density at radius 2 is 2.53 bits per heavy atom. The van der Waals surface area contributed by atoms with Crippen molar-refractivity contribution in [2.75, 3.05) is 6.54 Å². The van der Waals surface area contributed by atoms with E-state index in [-0.39, 0.29) is 17.7 Å². The molecule has 1 aliphatic rings. The molecule has 1 atom stereocenters. The van der Waals surface area contributed by atoms with Crippen molar-refractivity contribution in [1.82, 2.24) is 10.6 Å². The molecule has 0 bridgehead atoms. The lowest BCUT2D eigenvalue weighted by molar-refractivity contribution is -0.126. The molecule has 1 saturated heterocycles. The number of thiophene rings is 1. The zero-order valence-corrected chi connectivity index (χ0v) is 8.97. The van der Waals surface area contributed by atoms with Crippen molar-refractivity contribution >= 4 is 23.2 Å². The van der Waals surface area contributed by atoms with E-state index >= 15 is 0 Å². The van der Waals surface area contributed by atoms with Crippen LogP contribution in [0.15, 0.2) is 17.5 Å². The SMILES string of the molecule is O=C1CC(C(=O)NCc2cccs2)CN1. The molecule has 2 N–H and O–H groups in total. The molecule has 15 heavy (non-hydrogen) atoms. The first kappa shape index (κ1) is 10.2. The molecule has 2 amide bonds. The summed E-state index contributed by atoms with van der Waals surface area (Å²) in [5.41, 5.74) is 0. The van der Waals surface area contributed by atoms with E-state index in [0.29, 0.717) is 19.5 Å². The van der Waals surface area contributed by atoms with Crippen LogP contribution in [-0.2, 0) is 16.1 Å². The van der Waals surface area contributed by atoms with Crippen LogP contribution in [0, 0.1) is 5.92 Å². The molecule has 2 heterocycles. The fraction of sp³-hybridized carbons (Fsp3) is 0.400. The van der Waals surface area contributed by atoms with Crippen molar-refractivity contribution in [3.05, 3.63) is 22.4 Å². The average Bonchev–Trinajstić information content (AvgIpc) is 2.84. The second kappa shape index (κ2) is 4.44. The summed E-state index contributed by atoms with van der Waals surface area (Å²) in [5, 5.41) is 7.45. The maximum atomic E-state index is 11.6. The molecule has 1 aromatic heterocycles. The Morgan fingerprint density at radius 1 is 1.67 bits per heavy atom. The Labute approximate surface area is 91.7 Å². The van der Waals surface area contributed by atoms with Crippen LogP contribution in [0.25, 0.3) is 0 Å². The van der Waals surface area contributed by atoms with Crippen LogP contribution in [0.1, 0.15) is 11.3 Å². The maximum absolute atomic E-state index is 11.6. The highest BCUT2D eigenvalue weighted by Crippen LogP contribution is 2.11. The second-order valence-electron chi connectivity index (χ2n) is 3.50. The second-order valence-corrected chi connectivity index (χ2v) is 4.53. The average molecular weight is 224 g/mol. The summed E-state index contributed by atoms with van der Waals surface area (Å²) >= 11 is 1.61. The quantitative estimate of drug-likeness (QED) is 0.785. The van der Waals surface area contributed by atoms with Crippen LogP contribution >= 0.6 is 11.3 Å². The predicted octanol–water partition coefficient (Wildman–Crippen LogP) is 0.500. The van der Waals surface area contributed by atoms with Crippen molar-refractivity contribution in [1.29, 1.82) is 0 Å². The number of amides is 2. The van der Waals surface area contributed by atoms with E-state index in [1.165, 1.54) is 0 Å². The summed E-state index contributed by atoms with van der Waals surface area (Å²) in [6, 6.07) is 3.93. The third-order valence-electron chi connectivity index (χ3n) is 2.37.